The van der Waals surface area contributed by atoms with E-state index < -0.39 is 0 Å². The highest BCUT2D eigenvalue weighted by Crippen LogP contribution is 2.30. The summed E-state index contributed by atoms with van der Waals surface area (Å²) in [7, 11) is 0. The summed E-state index contributed by atoms with van der Waals surface area (Å²) in [5, 5.41) is 9.14. The van der Waals surface area contributed by atoms with Crippen LogP contribution in [0.3, 0.4) is 0 Å². The van der Waals surface area contributed by atoms with E-state index in [1.54, 1.807) is 11.8 Å². The average Bonchev–Trinajstić information content (AvgIpc) is 3.25. The average molecular weight is 350 g/mol. The maximum absolute atomic E-state index is 5.71. The third-order valence-electron chi connectivity index (χ3n) is 3.85. The van der Waals surface area contributed by atoms with Gasteiger partial charge in [-0.25, -0.2) is 4.98 Å². The molecule has 0 saturated carbocycles. The summed E-state index contributed by atoms with van der Waals surface area (Å²) in [6, 6.07) is 18.4. The van der Waals surface area contributed by atoms with E-state index in [4.69, 9.17) is 9.40 Å². The van der Waals surface area contributed by atoms with Gasteiger partial charge in [-0.3, -0.25) is 4.57 Å². The third-order valence-corrected chi connectivity index (χ3v) is 4.77. The predicted octanol–water partition coefficient (Wildman–Crippen LogP) is 4.82. The summed E-state index contributed by atoms with van der Waals surface area (Å²) in [5.74, 6) is 2.13. The molecule has 126 valence electrons. The Bertz CT molecular complexity index is 991. The van der Waals surface area contributed by atoms with Crippen LogP contribution in [-0.4, -0.2) is 19.7 Å². The van der Waals surface area contributed by atoms with Crippen LogP contribution >= 0.6 is 11.8 Å². The van der Waals surface area contributed by atoms with Crippen LogP contribution in [0.15, 0.2) is 64.2 Å². The Morgan fingerprint density at radius 2 is 1.76 bits per heavy atom. The number of aromatic nitrogens is 4. The fraction of sp³-hybridized carbons (Fsp3) is 0.211. The van der Waals surface area contributed by atoms with E-state index in [9.17, 15) is 0 Å². The van der Waals surface area contributed by atoms with Crippen LogP contribution < -0.4 is 0 Å². The molecule has 6 heteroatoms. The second-order valence-electron chi connectivity index (χ2n) is 6.03. The molecule has 0 aliphatic rings. The van der Waals surface area contributed by atoms with Crippen LogP contribution in [-0.2, 0) is 5.75 Å². The number of imidazole rings is 1. The number of nitrogens with zero attached hydrogens (tertiary/aromatic N) is 4. The molecular weight excluding hydrogens is 332 g/mol. The Morgan fingerprint density at radius 1 is 1.00 bits per heavy atom. The molecule has 4 aromatic rings. The molecule has 0 bridgehead atoms. The Balaban J connectivity index is 1.69. The Morgan fingerprint density at radius 3 is 2.52 bits per heavy atom. The number of hydrogen-bond donors (Lipinski definition) is 0. The van der Waals surface area contributed by atoms with Crippen LogP contribution in [0.25, 0.3) is 16.7 Å². The molecule has 5 nitrogen and oxygen atoms in total. The molecule has 0 aliphatic heterocycles. The van der Waals surface area contributed by atoms with Crippen molar-refractivity contribution in [1.82, 2.24) is 19.7 Å². The lowest BCUT2D eigenvalue weighted by molar-refractivity contribution is 0.445. The monoisotopic (exact) mass is 350 g/mol. The number of thioether (sulfide) groups is 1. The Kier molecular flexibility index (Phi) is 4.28. The van der Waals surface area contributed by atoms with E-state index in [-0.39, 0.29) is 5.92 Å². The largest absolute Gasteiger partial charge is 0.424 e. The second-order valence-corrected chi connectivity index (χ2v) is 6.97. The molecule has 0 radical (unpaired) electrons. The predicted molar refractivity (Wildman–Crippen MR) is 99.0 cm³/mol. The van der Waals surface area contributed by atoms with Gasteiger partial charge in [0.1, 0.15) is 0 Å². The minimum Gasteiger partial charge on any atom is -0.424 e. The summed E-state index contributed by atoms with van der Waals surface area (Å²) < 4.78 is 7.87. The van der Waals surface area contributed by atoms with Gasteiger partial charge in [0.15, 0.2) is 5.16 Å². The van der Waals surface area contributed by atoms with Gasteiger partial charge in [0.05, 0.1) is 16.8 Å². The SMILES string of the molecule is CC(C)c1nnc(CSc2nc3ccccc3n2-c2ccccc2)o1. The van der Waals surface area contributed by atoms with Crippen LogP contribution in [0.2, 0.25) is 0 Å². The van der Waals surface area contributed by atoms with Gasteiger partial charge >= 0.3 is 0 Å². The lowest BCUT2D eigenvalue weighted by atomic mass is 10.2. The molecule has 0 aliphatic carbocycles. The zero-order chi connectivity index (χ0) is 17.2. The summed E-state index contributed by atoms with van der Waals surface area (Å²) in [4.78, 5) is 4.78. The topological polar surface area (TPSA) is 56.7 Å². The highest BCUT2D eigenvalue weighted by Gasteiger charge is 2.15. The van der Waals surface area contributed by atoms with Crippen LogP contribution in [0.5, 0.6) is 0 Å². The molecule has 0 unspecified atom stereocenters. The molecule has 0 amide bonds. The minimum atomic E-state index is 0.236. The van der Waals surface area contributed by atoms with E-state index >= 15 is 0 Å². The summed E-state index contributed by atoms with van der Waals surface area (Å²) in [5.41, 5.74) is 3.15. The molecule has 0 fully saturated rings. The first-order valence-electron chi connectivity index (χ1n) is 8.20. The highest BCUT2D eigenvalue weighted by atomic mass is 32.2. The molecule has 2 heterocycles. The van der Waals surface area contributed by atoms with Crippen molar-refractivity contribution in [2.24, 2.45) is 0 Å². The molecule has 0 N–H and O–H groups in total. The van der Waals surface area contributed by atoms with Crippen molar-refractivity contribution in [1.29, 1.82) is 0 Å². The quantitative estimate of drug-likeness (QED) is 0.483. The highest BCUT2D eigenvalue weighted by molar-refractivity contribution is 7.98. The van der Waals surface area contributed by atoms with Gasteiger partial charge in [0.2, 0.25) is 11.8 Å². The van der Waals surface area contributed by atoms with Gasteiger partial charge in [-0.1, -0.05) is 55.9 Å². The molecule has 25 heavy (non-hydrogen) atoms. The standard InChI is InChI=1S/C19H18N4OS/c1-13(2)18-22-21-17(24-18)12-25-19-20-15-10-6-7-11-16(15)23(19)14-8-4-3-5-9-14/h3-11,13H,12H2,1-2H3. The van der Waals surface area contributed by atoms with E-state index in [0.29, 0.717) is 17.5 Å². The third kappa shape index (κ3) is 3.17. The maximum Gasteiger partial charge on any atom is 0.226 e. The number of hydrogen-bond acceptors (Lipinski definition) is 5. The number of para-hydroxylation sites is 3. The maximum atomic E-state index is 5.71. The zero-order valence-corrected chi connectivity index (χ0v) is 14.9. The zero-order valence-electron chi connectivity index (χ0n) is 14.1. The van der Waals surface area contributed by atoms with Crippen molar-refractivity contribution in [3.05, 3.63) is 66.4 Å². The van der Waals surface area contributed by atoms with Crippen LogP contribution in [0, 0.1) is 0 Å². The Hall–Kier alpha value is -2.60. The van der Waals surface area contributed by atoms with Crippen molar-refractivity contribution in [2.75, 3.05) is 0 Å². The number of fused-ring (bicyclic) bond motifs is 1. The smallest absolute Gasteiger partial charge is 0.226 e. The van der Waals surface area contributed by atoms with Gasteiger partial charge in [0.25, 0.3) is 0 Å². The first-order valence-corrected chi connectivity index (χ1v) is 9.19. The fourth-order valence-corrected chi connectivity index (χ4v) is 3.48. The number of benzene rings is 2. The van der Waals surface area contributed by atoms with Crippen LogP contribution in [0.1, 0.15) is 31.5 Å². The lowest BCUT2D eigenvalue weighted by Gasteiger charge is -2.08. The minimum absolute atomic E-state index is 0.236. The van der Waals surface area contributed by atoms with Crippen molar-refractivity contribution < 1.29 is 4.42 Å². The van der Waals surface area contributed by atoms with Crippen molar-refractivity contribution in [2.45, 2.75) is 30.7 Å². The Labute approximate surface area is 150 Å². The van der Waals surface area contributed by atoms with Gasteiger partial charge in [-0.05, 0) is 24.3 Å². The van der Waals surface area contributed by atoms with E-state index in [0.717, 1.165) is 21.9 Å². The van der Waals surface area contributed by atoms with Gasteiger partial charge in [0, 0.05) is 11.6 Å². The van der Waals surface area contributed by atoms with E-state index in [2.05, 4.69) is 33.0 Å². The van der Waals surface area contributed by atoms with Gasteiger partial charge in [-0.15, -0.1) is 10.2 Å². The molecule has 0 atom stereocenters. The normalized spacial score (nSPS) is 11.5. The van der Waals surface area contributed by atoms with Crippen molar-refractivity contribution in [3.8, 4) is 5.69 Å². The number of rotatable bonds is 5. The van der Waals surface area contributed by atoms with Gasteiger partial charge < -0.3 is 4.42 Å². The summed E-state index contributed by atoms with van der Waals surface area (Å²) in [6.07, 6.45) is 0. The van der Waals surface area contributed by atoms with Gasteiger partial charge in [-0.2, -0.15) is 0 Å². The molecule has 0 spiro atoms. The van der Waals surface area contributed by atoms with E-state index in [1.165, 1.54) is 0 Å². The second kappa shape index (κ2) is 6.72. The first kappa shape index (κ1) is 15.9. The molecule has 4 rings (SSSR count). The fourth-order valence-electron chi connectivity index (χ4n) is 2.61. The molecule has 2 aromatic carbocycles. The lowest BCUT2D eigenvalue weighted by Crippen LogP contribution is -1.96. The summed E-state index contributed by atoms with van der Waals surface area (Å²) >= 11 is 1.60. The first-order chi connectivity index (χ1) is 12.2. The van der Waals surface area contributed by atoms with Crippen LogP contribution in [0.4, 0.5) is 0 Å². The molecule has 2 aromatic heterocycles. The van der Waals surface area contributed by atoms with Crippen molar-refractivity contribution >= 4 is 22.8 Å². The van der Waals surface area contributed by atoms with E-state index in [1.807, 2.05) is 50.2 Å². The molecular formula is C19H18N4OS. The summed E-state index contributed by atoms with van der Waals surface area (Å²) in [6.45, 7) is 4.08. The molecule has 0 saturated heterocycles. The van der Waals surface area contributed by atoms with Crippen molar-refractivity contribution in [3.63, 3.8) is 0 Å².